The van der Waals surface area contributed by atoms with Crippen LogP contribution in [0.1, 0.15) is 15.9 Å². The highest BCUT2D eigenvalue weighted by molar-refractivity contribution is 9.10. The SMILES string of the molecule is CNC(=S)NC(=O)c1cc(Br)ccc1OCCc1ccccc1. The van der Waals surface area contributed by atoms with Crippen LogP contribution in [0.2, 0.25) is 0 Å². The van der Waals surface area contributed by atoms with Gasteiger partial charge in [-0.3, -0.25) is 10.1 Å². The van der Waals surface area contributed by atoms with Gasteiger partial charge < -0.3 is 10.1 Å². The van der Waals surface area contributed by atoms with Gasteiger partial charge >= 0.3 is 0 Å². The lowest BCUT2D eigenvalue weighted by Crippen LogP contribution is -2.37. The third kappa shape index (κ3) is 5.33. The van der Waals surface area contributed by atoms with Gasteiger partial charge in [0.05, 0.1) is 12.2 Å². The maximum absolute atomic E-state index is 12.3. The molecule has 0 heterocycles. The zero-order valence-corrected chi connectivity index (χ0v) is 15.0. The van der Waals surface area contributed by atoms with E-state index in [0.29, 0.717) is 17.9 Å². The van der Waals surface area contributed by atoms with E-state index in [2.05, 4.69) is 26.6 Å². The summed E-state index contributed by atoms with van der Waals surface area (Å²) in [5.74, 6) is 0.223. The van der Waals surface area contributed by atoms with Crippen molar-refractivity contribution in [3.05, 3.63) is 64.1 Å². The summed E-state index contributed by atoms with van der Waals surface area (Å²) in [6, 6.07) is 15.4. The van der Waals surface area contributed by atoms with Crippen LogP contribution in [0.5, 0.6) is 5.75 Å². The normalized spacial score (nSPS) is 10.0. The predicted molar refractivity (Wildman–Crippen MR) is 98.9 cm³/mol. The first-order valence-corrected chi connectivity index (χ1v) is 8.29. The molecule has 0 saturated heterocycles. The summed E-state index contributed by atoms with van der Waals surface area (Å²) >= 11 is 8.33. The first kappa shape index (κ1) is 17.4. The van der Waals surface area contributed by atoms with E-state index >= 15 is 0 Å². The first-order chi connectivity index (χ1) is 11.1. The molecule has 1 amide bonds. The van der Waals surface area contributed by atoms with E-state index in [0.717, 1.165) is 10.9 Å². The fraction of sp³-hybridized carbons (Fsp3) is 0.176. The molecule has 0 aliphatic rings. The van der Waals surface area contributed by atoms with Crippen molar-refractivity contribution in [2.75, 3.05) is 13.7 Å². The summed E-state index contributed by atoms with van der Waals surface area (Å²) in [6.07, 6.45) is 0.771. The Kier molecular flexibility index (Phi) is 6.55. The molecular formula is C17H17BrN2O2S. The van der Waals surface area contributed by atoms with Crippen LogP contribution in [0, 0.1) is 0 Å². The molecule has 2 N–H and O–H groups in total. The van der Waals surface area contributed by atoms with E-state index in [9.17, 15) is 4.79 Å². The molecule has 23 heavy (non-hydrogen) atoms. The summed E-state index contributed by atoms with van der Waals surface area (Å²) in [5, 5.41) is 5.58. The minimum Gasteiger partial charge on any atom is -0.492 e. The van der Waals surface area contributed by atoms with Crippen LogP contribution in [0.4, 0.5) is 0 Å². The summed E-state index contributed by atoms with van der Waals surface area (Å²) in [7, 11) is 1.65. The van der Waals surface area contributed by atoms with Gasteiger partial charge in [0.15, 0.2) is 5.11 Å². The minimum atomic E-state index is -0.305. The largest absolute Gasteiger partial charge is 0.492 e. The highest BCUT2D eigenvalue weighted by atomic mass is 79.9. The number of thiocarbonyl (C=S) groups is 1. The van der Waals surface area contributed by atoms with E-state index in [4.69, 9.17) is 17.0 Å². The molecule has 0 aliphatic carbocycles. The van der Waals surface area contributed by atoms with E-state index in [1.807, 2.05) is 36.4 Å². The Morgan fingerprint density at radius 2 is 1.96 bits per heavy atom. The van der Waals surface area contributed by atoms with Crippen molar-refractivity contribution >= 4 is 39.2 Å². The predicted octanol–water partition coefficient (Wildman–Crippen LogP) is 3.30. The number of hydrogen-bond donors (Lipinski definition) is 2. The Bertz CT molecular complexity index is 692. The van der Waals surface area contributed by atoms with Crippen molar-refractivity contribution in [1.82, 2.24) is 10.6 Å². The summed E-state index contributed by atoms with van der Waals surface area (Å²) in [6.45, 7) is 0.488. The fourth-order valence-electron chi connectivity index (χ4n) is 1.96. The summed E-state index contributed by atoms with van der Waals surface area (Å²) in [4.78, 5) is 12.3. The second kappa shape index (κ2) is 8.64. The van der Waals surface area contributed by atoms with Gasteiger partial charge in [0, 0.05) is 17.9 Å². The number of carbonyl (C=O) groups is 1. The zero-order valence-electron chi connectivity index (χ0n) is 12.6. The molecule has 0 spiro atoms. The molecule has 0 bridgehead atoms. The average molecular weight is 393 g/mol. The van der Waals surface area contributed by atoms with Crippen LogP contribution in [0.15, 0.2) is 53.0 Å². The van der Waals surface area contributed by atoms with Gasteiger partial charge in [0.25, 0.3) is 5.91 Å². The van der Waals surface area contributed by atoms with Gasteiger partial charge in [-0.25, -0.2) is 0 Å². The number of carbonyl (C=O) groups excluding carboxylic acids is 1. The monoisotopic (exact) mass is 392 g/mol. The zero-order chi connectivity index (χ0) is 16.7. The molecule has 0 atom stereocenters. The highest BCUT2D eigenvalue weighted by Gasteiger charge is 2.14. The summed E-state index contributed by atoms with van der Waals surface area (Å²) in [5.41, 5.74) is 1.62. The van der Waals surface area contributed by atoms with Gasteiger partial charge in [-0.05, 0) is 36.0 Å². The van der Waals surface area contributed by atoms with Gasteiger partial charge in [-0.1, -0.05) is 46.3 Å². The number of ether oxygens (including phenoxy) is 1. The van der Waals surface area contributed by atoms with E-state index in [1.165, 1.54) is 5.56 Å². The van der Waals surface area contributed by atoms with E-state index < -0.39 is 0 Å². The van der Waals surface area contributed by atoms with E-state index in [1.54, 1.807) is 19.2 Å². The summed E-state index contributed by atoms with van der Waals surface area (Å²) < 4.78 is 6.59. The number of nitrogens with one attached hydrogen (secondary N) is 2. The van der Waals surface area contributed by atoms with Crippen LogP contribution in [0.25, 0.3) is 0 Å². The van der Waals surface area contributed by atoms with Crippen molar-refractivity contribution in [1.29, 1.82) is 0 Å². The third-order valence-electron chi connectivity index (χ3n) is 3.13. The molecular weight excluding hydrogens is 376 g/mol. The quantitative estimate of drug-likeness (QED) is 0.766. The smallest absolute Gasteiger partial charge is 0.261 e. The molecule has 0 fully saturated rings. The first-order valence-electron chi connectivity index (χ1n) is 7.09. The lowest BCUT2D eigenvalue weighted by Gasteiger charge is -2.12. The van der Waals surface area contributed by atoms with Crippen LogP contribution < -0.4 is 15.4 Å². The van der Waals surface area contributed by atoms with Crippen molar-refractivity contribution in [3.8, 4) is 5.75 Å². The molecule has 0 aromatic heterocycles. The Balaban J connectivity index is 2.06. The minimum absolute atomic E-state index is 0.269. The number of benzene rings is 2. The van der Waals surface area contributed by atoms with Gasteiger partial charge in [0.2, 0.25) is 0 Å². The van der Waals surface area contributed by atoms with Crippen molar-refractivity contribution in [2.24, 2.45) is 0 Å². The molecule has 0 unspecified atom stereocenters. The molecule has 120 valence electrons. The second-order valence-electron chi connectivity index (χ2n) is 4.76. The highest BCUT2D eigenvalue weighted by Crippen LogP contribution is 2.23. The van der Waals surface area contributed by atoms with Crippen LogP contribution >= 0.6 is 28.1 Å². The molecule has 6 heteroatoms. The third-order valence-corrected chi connectivity index (χ3v) is 3.93. The Morgan fingerprint density at radius 3 is 2.65 bits per heavy atom. The standard InChI is InChI=1S/C17H17BrN2O2S/c1-19-17(23)20-16(21)14-11-13(18)7-8-15(14)22-10-9-12-5-3-2-4-6-12/h2-8,11H,9-10H2,1H3,(H2,19,20,21,23). The second-order valence-corrected chi connectivity index (χ2v) is 6.08. The Hall–Kier alpha value is -1.92. The maximum Gasteiger partial charge on any atom is 0.261 e. The lowest BCUT2D eigenvalue weighted by molar-refractivity contribution is 0.0973. The number of halogens is 1. The lowest BCUT2D eigenvalue weighted by atomic mass is 10.1. The van der Waals surface area contributed by atoms with Crippen LogP contribution in [-0.2, 0) is 6.42 Å². The van der Waals surface area contributed by atoms with Crippen LogP contribution in [0.3, 0.4) is 0 Å². The number of hydrogen-bond acceptors (Lipinski definition) is 3. The Labute approximate surface area is 149 Å². The topological polar surface area (TPSA) is 50.4 Å². The molecule has 2 rings (SSSR count). The molecule has 0 aliphatic heterocycles. The maximum atomic E-state index is 12.3. The number of rotatable bonds is 5. The molecule has 0 saturated carbocycles. The average Bonchev–Trinajstić information content (AvgIpc) is 2.57. The van der Waals surface area contributed by atoms with Gasteiger partial charge in [0.1, 0.15) is 5.75 Å². The van der Waals surface area contributed by atoms with Crippen molar-refractivity contribution in [3.63, 3.8) is 0 Å². The van der Waals surface area contributed by atoms with Crippen molar-refractivity contribution in [2.45, 2.75) is 6.42 Å². The van der Waals surface area contributed by atoms with Gasteiger partial charge in [-0.15, -0.1) is 0 Å². The molecule has 2 aromatic rings. The van der Waals surface area contributed by atoms with Gasteiger partial charge in [-0.2, -0.15) is 0 Å². The molecule has 0 radical (unpaired) electrons. The van der Waals surface area contributed by atoms with Crippen molar-refractivity contribution < 1.29 is 9.53 Å². The molecule has 2 aromatic carbocycles. The Morgan fingerprint density at radius 1 is 1.22 bits per heavy atom. The molecule has 4 nitrogen and oxygen atoms in total. The fourth-order valence-corrected chi connectivity index (χ4v) is 2.42. The van der Waals surface area contributed by atoms with E-state index in [-0.39, 0.29) is 11.0 Å². The van der Waals surface area contributed by atoms with Crippen LogP contribution in [-0.4, -0.2) is 24.7 Å². The number of amides is 1.